The Morgan fingerprint density at radius 3 is 2.20 bits per heavy atom. The van der Waals surface area contributed by atoms with Crippen molar-refractivity contribution < 1.29 is 29.0 Å². The predicted molar refractivity (Wildman–Crippen MR) is 141 cm³/mol. The van der Waals surface area contributed by atoms with E-state index in [9.17, 15) is 19.8 Å². The van der Waals surface area contributed by atoms with Gasteiger partial charge in [-0.1, -0.05) is 53.7 Å². The second kappa shape index (κ2) is 11.8. The molecule has 2 rings (SSSR count). The van der Waals surface area contributed by atoms with Gasteiger partial charge in [0.05, 0.1) is 31.0 Å². The van der Waals surface area contributed by atoms with Crippen molar-refractivity contribution in [1.82, 2.24) is 4.90 Å². The van der Waals surface area contributed by atoms with Crippen molar-refractivity contribution in [2.24, 2.45) is 0 Å². The minimum atomic E-state index is -2.38. The molecule has 8 nitrogen and oxygen atoms in total. The van der Waals surface area contributed by atoms with E-state index in [1.54, 1.807) is 12.3 Å². The van der Waals surface area contributed by atoms with Crippen LogP contribution in [0.1, 0.15) is 65.2 Å². The first kappa shape index (κ1) is 28.5. The van der Waals surface area contributed by atoms with Crippen molar-refractivity contribution in [2.45, 2.75) is 77.6 Å². The monoisotopic (exact) mass is 504 g/mol. The summed E-state index contributed by atoms with van der Waals surface area (Å²) >= 11 is 0. The fourth-order valence-corrected chi connectivity index (χ4v) is 10.5. The SMILES string of the molecule is C/C=C\C1=CN(C(=O)c2cc(OC)c(O[Si](C(C)C)(C(C)C)C(C)C)cc2NC(=O)O)C(CO)C1. The molecule has 1 atom stereocenters. The summed E-state index contributed by atoms with van der Waals surface area (Å²) in [5, 5.41) is 21.7. The fraction of sp³-hybridized carbons (Fsp3) is 0.538. The van der Waals surface area contributed by atoms with Crippen molar-refractivity contribution in [3.05, 3.63) is 41.6 Å². The molecule has 0 saturated heterocycles. The average molecular weight is 505 g/mol. The maximum absolute atomic E-state index is 13.6. The zero-order valence-electron chi connectivity index (χ0n) is 22.1. The summed E-state index contributed by atoms with van der Waals surface area (Å²) in [6, 6.07) is 2.64. The molecule has 0 radical (unpaired) electrons. The number of aliphatic hydroxyl groups is 1. The number of methoxy groups -OCH3 is 1. The molecule has 1 aromatic carbocycles. The van der Waals surface area contributed by atoms with Crippen molar-refractivity contribution in [3.63, 3.8) is 0 Å². The van der Waals surface area contributed by atoms with Crippen molar-refractivity contribution >= 4 is 26.0 Å². The molecule has 9 heteroatoms. The Bertz CT molecular complexity index is 965. The number of allylic oxidation sites excluding steroid dienone is 2. The lowest BCUT2D eigenvalue weighted by Crippen LogP contribution is -2.50. The van der Waals surface area contributed by atoms with Gasteiger partial charge in [-0.05, 0) is 41.6 Å². The highest BCUT2D eigenvalue weighted by Crippen LogP contribution is 2.46. The largest absolute Gasteiger partial charge is 0.540 e. The lowest BCUT2D eigenvalue weighted by atomic mass is 10.1. The number of anilines is 1. The summed E-state index contributed by atoms with van der Waals surface area (Å²) in [5.74, 6) is 0.346. The number of carbonyl (C=O) groups is 2. The normalized spacial score (nSPS) is 16.4. The van der Waals surface area contributed by atoms with Crippen LogP contribution in [0.25, 0.3) is 0 Å². The summed E-state index contributed by atoms with van der Waals surface area (Å²) < 4.78 is 12.4. The standard InChI is InChI=1S/C26H40N2O6Si/c1-9-10-19-11-20(15-29)28(14-19)25(30)21-12-23(33-8)24(13-22(21)27-26(31)32)34-35(16(2)3,17(4)5)18(6)7/h9-10,12-14,16-18,20,27,29H,11,15H2,1-8H3,(H,31,32)/b10-9-. The Balaban J connectivity index is 2.65. The minimum Gasteiger partial charge on any atom is -0.540 e. The van der Waals surface area contributed by atoms with Crippen LogP contribution in [0.5, 0.6) is 11.5 Å². The third kappa shape index (κ3) is 5.90. The molecule has 0 aromatic heterocycles. The molecule has 2 amide bonds. The fourth-order valence-electron chi connectivity index (χ4n) is 5.29. The number of nitrogens with one attached hydrogen (secondary N) is 1. The number of hydrogen-bond donors (Lipinski definition) is 3. The lowest BCUT2D eigenvalue weighted by Gasteiger charge is -2.42. The van der Waals surface area contributed by atoms with E-state index in [1.807, 2.05) is 19.1 Å². The average Bonchev–Trinajstić information content (AvgIpc) is 3.19. The molecule has 1 aromatic rings. The van der Waals surface area contributed by atoms with E-state index < -0.39 is 26.4 Å². The third-order valence-corrected chi connectivity index (χ3v) is 12.8. The molecule has 0 aliphatic carbocycles. The van der Waals surface area contributed by atoms with Crippen LogP contribution in [0, 0.1) is 0 Å². The number of hydrogen-bond acceptors (Lipinski definition) is 5. The van der Waals surface area contributed by atoms with Crippen molar-refractivity contribution in [3.8, 4) is 11.5 Å². The van der Waals surface area contributed by atoms with Crippen LogP contribution in [0.2, 0.25) is 16.6 Å². The molecular formula is C26H40N2O6Si. The summed E-state index contributed by atoms with van der Waals surface area (Å²) in [5.41, 5.74) is 2.00. The van der Waals surface area contributed by atoms with Crippen molar-refractivity contribution in [1.29, 1.82) is 0 Å². The highest BCUT2D eigenvalue weighted by molar-refractivity contribution is 6.78. The first-order valence-electron chi connectivity index (χ1n) is 12.1. The highest BCUT2D eigenvalue weighted by Gasteiger charge is 2.47. The molecule has 0 saturated carbocycles. The first-order valence-corrected chi connectivity index (χ1v) is 14.2. The Hall–Kier alpha value is -2.78. The van der Waals surface area contributed by atoms with Gasteiger partial charge in [0.15, 0.2) is 5.75 Å². The van der Waals surface area contributed by atoms with Crippen LogP contribution in [-0.2, 0) is 0 Å². The van der Waals surface area contributed by atoms with Gasteiger partial charge in [0, 0.05) is 12.3 Å². The van der Waals surface area contributed by atoms with E-state index in [2.05, 4.69) is 46.9 Å². The van der Waals surface area contributed by atoms with E-state index in [4.69, 9.17) is 9.16 Å². The molecule has 1 heterocycles. The molecular weight excluding hydrogens is 464 g/mol. The highest BCUT2D eigenvalue weighted by atomic mass is 28.4. The zero-order valence-corrected chi connectivity index (χ0v) is 23.1. The van der Waals surface area contributed by atoms with E-state index in [0.29, 0.717) is 17.9 Å². The van der Waals surface area contributed by atoms with Crippen LogP contribution >= 0.6 is 0 Å². The Morgan fingerprint density at radius 1 is 1.14 bits per heavy atom. The van der Waals surface area contributed by atoms with E-state index >= 15 is 0 Å². The van der Waals surface area contributed by atoms with Gasteiger partial charge in [-0.25, -0.2) is 4.79 Å². The van der Waals surface area contributed by atoms with Crippen LogP contribution < -0.4 is 14.5 Å². The number of ether oxygens (including phenoxy) is 1. The number of amides is 2. The van der Waals surface area contributed by atoms with E-state index in [1.165, 1.54) is 18.1 Å². The van der Waals surface area contributed by atoms with Gasteiger partial charge in [-0.2, -0.15) is 0 Å². The number of nitrogens with zero attached hydrogens (tertiary/aromatic N) is 1. The van der Waals surface area contributed by atoms with E-state index in [0.717, 1.165) is 5.57 Å². The van der Waals surface area contributed by atoms with Gasteiger partial charge in [0.2, 0.25) is 0 Å². The number of rotatable bonds is 10. The molecule has 1 aliphatic heterocycles. The smallest absolute Gasteiger partial charge is 0.409 e. The number of carbonyl (C=O) groups excluding carboxylic acids is 1. The molecule has 35 heavy (non-hydrogen) atoms. The second-order valence-corrected chi connectivity index (χ2v) is 15.2. The third-order valence-electron chi connectivity index (χ3n) is 6.77. The van der Waals surface area contributed by atoms with Gasteiger partial charge in [-0.15, -0.1) is 0 Å². The second-order valence-electron chi connectivity index (χ2n) is 9.86. The molecule has 1 unspecified atom stereocenters. The Kier molecular flexibility index (Phi) is 9.57. The Labute approximate surface area is 209 Å². The number of benzene rings is 1. The van der Waals surface area contributed by atoms with Gasteiger partial charge >= 0.3 is 6.09 Å². The molecule has 0 spiro atoms. The number of carboxylic acid groups (broad SMARTS) is 1. The van der Waals surface area contributed by atoms with Crippen molar-refractivity contribution in [2.75, 3.05) is 19.0 Å². The minimum absolute atomic E-state index is 0.113. The maximum atomic E-state index is 13.6. The zero-order chi connectivity index (χ0) is 26.5. The predicted octanol–water partition coefficient (Wildman–Crippen LogP) is 6.01. The topological polar surface area (TPSA) is 108 Å². The van der Waals surface area contributed by atoms with Crippen LogP contribution in [0.3, 0.4) is 0 Å². The van der Waals surface area contributed by atoms with Gasteiger partial charge in [0.1, 0.15) is 5.75 Å². The summed E-state index contributed by atoms with van der Waals surface area (Å²) in [6.45, 7) is 14.6. The first-order chi connectivity index (χ1) is 16.4. The molecule has 0 bridgehead atoms. The lowest BCUT2D eigenvalue weighted by molar-refractivity contribution is 0.0732. The Morgan fingerprint density at radius 2 is 1.74 bits per heavy atom. The molecule has 3 N–H and O–H groups in total. The molecule has 0 fully saturated rings. The number of aliphatic hydroxyl groups excluding tert-OH is 1. The van der Waals surface area contributed by atoms with Crippen LogP contribution in [0.15, 0.2) is 36.1 Å². The quantitative estimate of drug-likeness (QED) is 0.337. The summed E-state index contributed by atoms with van der Waals surface area (Å²) in [4.78, 5) is 26.7. The van der Waals surface area contributed by atoms with E-state index in [-0.39, 0.29) is 34.5 Å². The van der Waals surface area contributed by atoms with Crippen LogP contribution in [0.4, 0.5) is 10.5 Å². The maximum Gasteiger partial charge on any atom is 0.409 e. The molecule has 1 aliphatic rings. The van der Waals surface area contributed by atoms with Gasteiger partial charge in [0.25, 0.3) is 14.2 Å². The van der Waals surface area contributed by atoms with Gasteiger partial charge < -0.3 is 24.3 Å². The molecule has 194 valence electrons. The van der Waals surface area contributed by atoms with Crippen LogP contribution in [-0.4, -0.2) is 55.2 Å². The summed E-state index contributed by atoms with van der Waals surface area (Å²) in [6.07, 6.45) is 4.67. The van der Waals surface area contributed by atoms with Gasteiger partial charge in [-0.3, -0.25) is 10.1 Å². The summed E-state index contributed by atoms with van der Waals surface area (Å²) in [7, 11) is -0.884.